The molecule has 0 spiro atoms. The highest BCUT2D eigenvalue weighted by molar-refractivity contribution is 6.33. The number of nitrogens with one attached hydrogen (secondary N) is 1. The van der Waals surface area contributed by atoms with Gasteiger partial charge < -0.3 is 11.1 Å². The Morgan fingerprint density at radius 1 is 1.28 bits per heavy atom. The summed E-state index contributed by atoms with van der Waals surface area (Å²) in [6.07, 6.45) is 5.02. The van der Waals surface area contributed by atoms with E-state index >= 15 is 0 Å². The average molecular weight is 265 g/mol. The molecular formula is C14H17ClN2O. The van der Waals surface area contributed by atoms with E-state index in [-0.39, 0.29) is 5.91 Å². The van der Waals surface area contributed by atoms with E-state index in [0.717, 1.165) is 0 Å². The van der Waals surface area contributed by atoms with Crippen LogP contribution < -0.4 is 11.1 Å². The lowest BCUT2D eigenvalue weighted by Crippen LogP contribution is -2.38. The van der Waals surface area contributed by atoms with Gasteiger partial charge in [0.25, 0.3) is 5.91 Å². The van der Waals surface area contributed by atoms with Crippen molar-refractivity contribution in [3.63, 3.8) is 0 Å². The van der Waals surface area contributed by atoms with E-state index in [4.69, 9.17) is 17.3 Å². The highest BCUT2D eigenvalue weighted by Gasteiger charge is 2.42. The molecule has 0 atom stereocenters. The number of hydrogen-bond acceptors (Lipinski definition) is 2. The predicted molar refractivity (Wildman–Crippen MR) is 72.6 cm³/mol. The van der Waals surface area contributed by atoms with Crippen LogP contribution in [0.2, 0.25) is 5.02 Å². The number of halogens is 1. The summed E-state index contributed by atoms with van der Waals surface area (Å²) < 4.78 is 0. The Morgan fingerprint density at radius 3 is 2.39 bits per heavy atom. The van der Waals surface area contributed by atoms with Crippen molar-refractivity contribution >= 4 is 23.2 Å². The van der Waals surface area contributed by atoms with E-state index in [1.54, 1.807) is 18.2 Å². The van der Waals surface area contributed by atoms with Crippen LogP contribution in [0.4, 0.5) is 5.69 Å². The molecule has 1 aromatic carbocycles. The molecule has 96 valence electrons. The minimum atomic E-state index is -0.0271. The topological polar surface area (TPSA) is 55.1 Å². The number of hydrogen-bond donors (Lipinski definition) is 2. The number of amides is 1. The minimum absolute atomic E-state index is 0.0271. The molecule has 3 rings (SSSR count). The molecule has 3 nitrogen and oxygen atoms in total. The zero-order chi connectivity index (χ0) is 12.7. The van der Waals surface area contributed by atoms with Crippen LogP contribution >= 0.6 is 11.6 Å². The van der Waals surface area contributed by atoms with Crippen molar-refractivity contribution in [2.75, 3.05) is 5.73 Å². The van der Waals surface area contributed by atoms with Gasteiger partial charge in [-0.15, -0.1) is 0 Å². The summed E-state index contributed by atoms with van der Waals surface area (Å²) in [5, 5.41) is 3.61. The Kier molecular flexibility index (Phi) is 2.94. The van der Waals surface area contributed by atoms with E-state index in [0.29, 0.717) is 34.2 Å². The lowest BCUT2D eigenvalue weighted by atomic mass is 10.1. The summed E-state index contributed by atoms with van der Waals surface area (Å²) >= 11 is 5.94. The second-order valence-corrected chi connectivity index (χ2v) is 5.82. The summed E-state index contributed by atoms with van der Waals surface area (Å²) in [7, 11) is 0. The Morgan fingerprint density at radius 2 is 1.89 bits per heavy atom. The first-order valence-corrected chi connectivity index (χ1v) is 6.89. The van der Waals surface area contributed by atoms with Crippen LogP contribution in [0.3, 0.4) is 0 Å². The van der Waals surface area contributed by atoms with Gasteiger partial charge >= 0.3 is 0 Å². The second-order valence-electron chi connectivity index (χ2n) is 5.41. The van der Waals surface area contributed by atoms with Gasteiger partial charge in [-0.3, -0.25) is 4.79 Å². The number of nitrogen functional groups attached to an aromatic ring is 1. The van der Waals surface area contributed by atoms with Crippen molar-refractivity contribution in [3.05, 3.63) is 28.8 Å². The zero-order valence-corrected chi connectivity index (χ0v) is 10.9. The van der Waals surface area contributed by atoms with Crippen LogP contribution in [-0.2, 0) is 0 Å². The third kappa shape index (κ3) is 2.46. The number of anilines is 1. The van der Waals surface area contributed by atoms with Gasteiger partial charge in [0.05, 0.1) is 10.7 Å². The van der Waals surface area contributed by atoms with Gasteiger partial charge in [0.15, 0.2) is 0 Å². The Hall–Kier alpha value is -1.22. The van der Waals surface area contributed by atoms with Gasteiger partial charge in [0, 0.05) is 11.6 Å². The number of carbonyl (C=O) groups excluding carboxylic acids is 1. The van der Waals surface area contributed by atoms with Crippen molar-refractivity contribution in [1.82, 2.24) is 5.32 Å². The number of rotatable bonds is 4. The second kappa shape index (κ2) is 4.47. The summed E-state index contributed by atoms with van der Waals surface area (Å²) in [5.41, 5.74) is 6.75. The molecule has 0 unspecified atom stereocenters. The molecule has 0 aliphatic heterocycles. The van der Waals surface area contributed by atoms with Crippen molar-refractivity contribution in [2.24, 2.45) is 11.8 Å². The molecule has 2 fully saturated rings. The maximum absolute atomic E-state index is 12.2. The molecule has 1 aromatic rings. The van der Waals surface area contributed by atoms with Crippen LogP contribution in [-0.4, -0.2) is 11.9 Å². The van der Waals surface area contributed by atoms with Gasteiger partial charge in [0.2, 0.25) is 0 Å². The third-order valence-corrected chi connectivity index (χ3v) is 4.15. The maximum atomic E-state index is 12.2. The van der Waals surface area contributed by atoms with Crippen LogP contribution in [0.1, 0.15) is 36.0 Å². The maximum Gasteiger partial charge on any atom is 0.251 e. The van der Waals surface area contributed by atoms with E-state index in [2.05, 4.69) is 5.32 Å². The van der Waals surface area contributed by atoms with Crippen LogP contribution in [0.15, 0.2) is 18.2 Å². The fourth-order valence-corrected chi connectivity index (χ4v) is 2.61. The normalized spacial score (nSPS) is 19.0. The van der Waals surface area contributed by atoms with Gasteiger partial charge in [-0.2, -0.15) is 0 Å². The first-order chi connectivity index (χ1) is 8.65. The van der Waals surface area contributed by atoms with Crippen molar-refractivity contribution in [2.45, 2.75) is 31.7 Å². The highest BCUT2D eigenvalue weighted by atomic mass is 35.5. The summed E-state index contributed by atoms with van der Waals surface area (Å²) in [6, 6.07) is 5.42. The molecular weight excluding hydrogens is 248 g/mol. The molecule has 0 radical (unpaired) electrons. The van der Waals surface area contributed by atoms with E-state index in [1.807, 2.05) is 0 Å². The standard InChI is InChI=1S/C14H17ClN2O/c15-11-7-10(5-6-12(11)16)14(18)17-13(8-1-2-8)9-3-4-9/h5-9,13H,1-4,16H2,(H,17,18). The summed E-state index contributed by atoms with van der Waals surface area (Å²) in [6.45, 7) is 0. The number of benzene rings is 1. The molecule has 1 amide bonds. The minimum Gasteiger partial charge on any atom is -0.398 e. The van der Waals surface area contributed by atoms with Crippen LogP contribution in [0.5, 0.6) is 0 Å². The lowest BCUT2D eigenvalue weighted by molar-refractivity contribution is 0.0926. The molecule has 0 heterocycles. The van der Waals surface area contributed by atoms with E-state index in [1.165, 1.54) is 25.7 Å². The molecule has 2 aliphatic rings. The predicted octanol–water partition coefficient (Wildman–Crippen LogP) is 2.84. The Labute approximate surface area is 112 Å². The molecule has 3 N–H and O–H groups in total. The average Bonchev–Trinajstić information content (AvgIpc) is 3.22. The molecule has 2 aliphatic carbocycles. The highest BCUT2D eigenvalue weighted by Crippen LogP contribution is 2.44. The summed E-state index contributed by atoms with van der Waals surface area (Å²) in [5.74, 6) is 1.37. The monoisotopic (exact) mass is 264 g/mol. The lowest BCUT2D eigenvalue weighted by Gasteiger charge is -2.17. The number of nitrogens with two attached hydrogens (primary N) is 1. The molecule has 0 saturated heterocycles. The first-order valence-electron chi connectivity index (χ1n) is 6.51. The van der Waals surface area contributed by atoms with Crippen LogP contribution in [0.25, 0.3) is 0 Å². The quantitative estimate of drug-likeness (QED) is 0.822. The molecule has 4 heteroatoms. The fraction of sp³-hybridized carbons (Fsp3) is 0.500. The van der Waals surface area contributed by atoms with Crippen molar-refractivity contribution < 1.29 is 4.79 Å². The smallest absolute Gasteiger partial charge is 0.251 e. The van der Waals surface area contributed by atoms with E-state index < -0.39 is 0 Å². The van der Waals surface area contributed by atoms with Gasteiger partial charge in [-0.1, -0.05) is 11.6 Å². The van der Waals surface area contributed by atoms with Crippen LogP contribution in [0, 0.1) is 11.8 Å². The largest absolute Gasteiger partial charge is 0.398 e. The van der Waals surface area contributed by atoms with Crippen molar-refractivity contribution in [1.29, 1.82) is 0 Å². The fourth-order valence-electron chi connectivity index (χ4n) is 2.43. The molecule has 0 bridgehead atoms. The zero-order valence-electron chi connectivity index (χ0n) is 10.2. The summed E-state index contributed by atoms with van der Waals surface area (Å²) in [4.78, 5) is 12.2. The number of carbonyl (C=O) groups is 1. The molecule has 0 aromatic heterocycles. The first kappa shape index (κ1) is 11.8. The Bertz CT molecular complexity index is 469. The van der Waals surface area contributed by atoms with Crippen molar-refractivity contribution in [3.8, 4) is 0 Å². The van der Waals surface area contributed by atoms with Gasteiger partial charge in [-0.05, 0) is 55.7 Å². The molecule has 2 saturated carbocycles. The van der Waals surface area contributed by atoms with Gasteiger partial charge in [0.1, 0.15) is 0 Å². The van der Waals surface area contributed by atoms with Gasteiger partial charge in [-0.25, -0.2) is 0 Å². The Balaban J connectivity index is 1.71. The third-order valence-electron chi connectivity index (χ3n) is 3.82. The molecule has 18 heavy (non-hydrogen) atoms. The SMILES string of the molecule is Nc1ccc(C(=O)NC(C2CC2)C2CC2)cc1Cl. The van der Waals surface area contributed by atoms with E-state index in [9.17, 15) is 4.79 Å².